The molecular weight excluding hydrogens is 448 g/mol. The van der Waals surface area contributed by atoms with Crippen LogP contribution in [0.3, 0.4) is 0 Å². The molecule has 6 atom stereocenters. The van der Waals surface area contributed by atoms with Gasteiger partial charge in [-0.15, -0.1) is 0 Å². The minimum atomic E-state index is -1.23. The highest BCUT2D eigenvalue weighted by Crippen LogP contribution is 2.64. The number of aliphatic carboxylic acids is 2. The number of oxime groups is 1. The number of hydrogen-bond donors (Lipinski definition) is 4. The zero-order chi connectivity index (χ0) is 25.8. The lowest BCUT2D eigenvalue weighted by Crippen LogP contribution is -2.55. The van der Waals surface area contributed by atoms with Crippen molar-refractivity contribution in [3.63, 3.8) is 0 Å². The number of rotatable bonds is 6. The number of Topliss-reactive ketones (excluding diaryl/α,β-unsaturated/α-hetero) is 1. The second-order valence-electron chi connectivity index (χ2n) is 11.5. The molecule has 4 aliphatic carbocycles. The van der Waals surface area contributed by atoms with Crippen molar-refractivity contribution in [1.29, 1.82) is 0 Å². The second kappa shape index (κ2) is 11.2. The smallest absolute Gasteiger partial charge is 0.331 e. The van der Waals surface area contributed by atoms with Gasteiger partial charge in [-0.3, -0.25) is 4.79 Å². The Morgan fingerprint density at radius 3 is 2.46 bits per heavy atom. The van der Waals surface area contributed by atoms with Gasteiger partial charge in [-0.25, -0.2) is 9.59 Å². The van der Waals surface area contributed by atoms with E-state index in [4.69, 9.17) is 15.9 Å². The number of nitrogens with zero attached hydrogens (tertiary/aromatic N) is 1. The number of carbonyl (C=O) groups excluding carboxylic acids is 1. The first kappa shape index (κ1) is 27.4. The van der Waals surface area contributed by atoms with Gasteiger partial charge in [0.15, 0.2) is 0 Å². The molecule has 0 aromatic heterocycles. The largest absolute Gasteiger partial charge is 0.478 e. The van der Waals surface area contributed by atoms with Crippen LogP contribution in [0.15, 0.2) is 16.8 Å². The molecular formula is C27H42N2O6. The molecule has 0 radical (unpaired) electrons. The number of fused-ring (bicyclic) bond motifs is 5. The van der Waals surface area contributed by atoms with Crippen molar-refractivity contribution < 1.29 is 29.8 Å². The molecule has 8 heteroatoms. The number of hydrogen-bond acceptors (Lipinski definition) is 6. The Morgan fingerprint density at radius 2 is 1.83 bits per heavy atom. The van der Waals surface area contributed by atoms with Crippen LogP contribution < -0.4 is 5.73 Å². The monoisotopic (exact) mass is 490 g/mol. The normalized spacial score (nSPS) is 37.5. The molecule has 196 valence electrons. The summed E-state index contributed by atoms with van der Waals surface area (Å²) in [5.74, 6) is 0.380. The SMILES string of the molecule is C[C@]12CCCCC1/C(=N/O)C[C@@H]1[C@@H]2CC[C@]2(C)C(=O)CC[C@@H]12.NCCCC/C(=C\C(=O)O)C(=O)O. The lowest BCUT2D eigenvalue weighted by Gasteiger charge is -2.59. The topological polar surface area (TPSA) is 150 Å². The Hall–Kier alpha value is -2.22. The van der Waals surface area contributed by atoms with Crippen molar-refractivity contribution in [3.05, 3.63) is 11.6 Å². The molecule has 0 aliphatic heterocycles. The van der Waals surface area contributed by atoms with E-state index in [-0.39, 0.29) is 17.4 Å². The Morgan fingerprint density at radius 1 is 1.09 bits per heavy atom. The molecule has 0 bridgehead atoms. The highest BCUT2D eigenvalue weighted by atomic mass is 16.4. The van der Waals surface area contributed by atoms with Crippen LogP contribution in [0.4, 0.5) is 0 Å². The van der Waals surface area contributed by atoms with Crippen molar-refractivity contribution in [3.8, 4) is 0 Å². The second-order valence-corrected chi connectivity index (χ2v) is 11.5. The highest BCUT2D eigenvalue weighted by Gasteiger charge is 2.61. The van der Waals surface area contributed by atoms with Gasteiger partial charge < -0.3 is 21.2 Å². The van der Waals surface area contributed by atoms with Gasteiger partial charge in [0.05, 0.1) is 5.71 Å². The highest BCUT2D eigenvalue weighted by molar-refractivity contribution is 5.94. The number of unbranched alkanes of at least 4 members (excludes halogenated alkanes) is 1. The van der Waals surface area contributed by atoms with Crippen LogP contribution in [0.5, 0.6) is 0 Å². The quantitative estimate of drug-likeness (QED) is 0.183. The van der Waals surface area contributed by atoms with E-state index in [2.05, 4.69) is 19.0 Å². The Balaban J connectivity index is 0.000000228. The molecule has 0 saturated heterocycles. The van der Waals surface area contributed by atoms with Crippen LogP contribution in [0.1, 0.15) is 90.9 Å². The summed E-state index contributed by atoms with van der Waals surface area (Å²) in [6.45, 7) is 5.16. The van der Waals surface area contributed by atoms with E-state index in [1.54, 1.807) is 0 Å². The molecule has 5 N–H and O–H groups in total. The first-order chi connectivity index (χ1) is 16.6. The van der Waals surface area contributed by atoms with Crippen LogP contribution in [-0.2, 0) is 14.4 Å². The molecule has 0 amide bonds. The van der Waals surface area contributed by atoms with Crippen LogP contribution in [0, 0.1) is 34.5 Å². The molecule has 35 heavy (non-hydrogen) atoms. The van der Waals surface area contributed by atoms with Gasteiger partial charge in [0, 0.05) is 29.4 Å². The third-order valence-corrected chi connectivity index (χ3v) is 9.70. The molecule has 4 saturated carbocycles. The maximum atomic E-state index is 12.4. The first-order valence-corrected chi connectivity index (χ1v) is 13.2. The number of carbonyl (C=O) groups is 3. The summed E-state index contributed by atoms with van der Waals surface area (Å²) in [6.07, 6.45) is 12.4. The number of nitrogens with two attached hydrogens (primary N) is 1. The molecule has 0 aromatic rings. The summed E-state index contributed by atoms with van der Waals surface area (Å²) in [5.41, 5.74) is 6.39. The van der Waals surface area contributed by atoms with E-state index >= 15 is 0 Å². The Labute approximate surface area is 208 Å². The van der Waals surface area contributed by atoms with Gasteiger partial charge in [0.2, 0.25) is 0 Å². The number of carboxylic acid groups (broad SMARTS) is 2. The van der Waals surface area contributed by atoms with Gasteiger partial charge in [-0.1, -0.05) is 31.8 Å². The average molecular weight is 491 g/mol. The van der Waals surface area contributed by atoms with Crippen LogP contribution in [0.25, 0.3) is 0 Å². The van der Waals surface area contributed by atoms with E-state index in [0.29, 0.717) is 48.3 Å². The van der Waals surface area contributed by atoms with Gasteiger partial charge in [-0.2, -0.15) is 0 Å². The summed E-state index contributed by atoms with van der Waals surface area (Å²) in [4.78, 5) is 33.1. The minimum absolute atomic E-state index is 0.0825. The number of ketones is 1. The fraction of sp³-hybridized carbons (Fsp3) is 0.778. The van der Waals surface area contributed by atoms with E-state index in [0.717, 1.165) is 43.4 Å². The van der Waals surface area contributed by atoms with Gasteiger partial charge >= 0.3 is 11.9 Å². The van der Waals surface area contributed by atoms with Crippen molar-refractivity contribution >= 4 is 23.4 Å². The number of carboxylic acids is 2. The lowest BCUT2D eigenvalue weighted by molar-refractivity contribution is -0.135. The van der Waals surface area contributed by atoms with E-state index in [1.165, 1.54) is 32.1 Å². The van der Waals surface area contributed by atoms with Crippen molar-refractivity contribution in [2.45, 2.75) is 90.9 Å². The fourth-order valence-corrected chi connectivity index (χ4v) is 7.86. The first-order valence-electron chi connectivity index (χ1n) is 13.2. The Bertz CT molecular complexity index is 883. The van der Waals surface area contributed by atoms with E-state index in [9.17, 15) is 19.6 Å². The summed E-state index contributed by atoms with van der Waals surface area (Å²) in [6, 6.07) is 0. The predicted molar refractivity (Wildman–Crippen MR) is 132 cm³/mol. The fourth-order valence-electron chi connectivity index (χ4n) is 7.86. The summed E-state index contributed by atoms with van der Waals surface area (Å²) in [7, 11) is 0. The van der Waals surface area contributed by atoms with E-state index < -0.39 is 11.9 Å². The standard InChI is InChI=1S/C19H29NO2.C8H13NO4/c1-18-9-4-3-5-15(18)16(20-22)11-12-13-6-7-17(21)19(13,2)10-8-14(12)18;9-4-2-1-3-6(8(12)13)5-7(10)11/h12-15,22H,3-11H2,1-2H3;5H,1-4,9H2,(H,10,11)(H,12,13)/b20-16+;6-5+/t12-,13-,14-,15?,18+,19-;/m0./s1. The van der Waals surface area contributed by atoms with Gasteiger partial charge in [0.25, 0.3) is 0 Å². The molecule has 4 fully saturated rings. The van der Waals surface area contributed by atoms with Gasteiger partial charge in [-0.05, 0) is 87.5 Å². The Kier molecular flexibility index (Phi) is 8.78. The summed E-state index contributed by atoms with van der Waals surface area (Å²) < 4.78 is 0. The molecule has 4 aliphatic rings. The lowest BCUT2D eigenvalue weighted by atomic mass is 9.45. The van der Waals surface area contributed by atoms with Crippen molar-refractivity contribution in [2.75, 3.05) is 6.54 Å². The molecule has 0 spiro atoms. The van der Waals surface area contributed by atoms with Gasteiger partial charge in [0.1, 0.15) is 5.78 Å². The zero-order valence-electron chi connectivity index (χ0n) is 21.2. The average Bonchev–Trinajstić information content (AvgIpc) is 3.12. The predicted octanol–water partition coefficient (Wildman–Crippen LogP) is 4.64. The molecule has 0 aromatic carbocycles. The van der Waals surface area contributed by atoms with E-state index in [1.807, 2.05) is 0 Å². The zero-order valence-corrected chi connectivity index (χ0v) is 21.2. The van der Waals surface area contributed by atoms with Crippen LogP contribution in [0.2, 0.25) is 0 Å². The third kappa shape index (κ3) is 5.47. The maximum absolute atomic E-state index is 12.4. The van der Waals surface area contributed by atoms with Crippen molar-refractivity contribution in [2.24, 2.45) is 45.4 Å². The maximum Gasteiger partial charge on any atom is 0.331 e. The van der Waals surface area contributed by atoms with Crippen LogP contribution in [-0.4, -0.2) is 45.4 Å². The summed E-state index contributed by atoms with van der Waals surface area (Å²) in [5, 5.41) is 30.3. The molecule has 4 rings (SSSR count). The summed E-state index contributed by atoms with van der Waals surface area (Å²) >= 11 is 0. The molecule has 1 unspecified atom stereocenters. The van der Waals surface area contributed by atoms with Crippen LogP contribution >= 0.6 is 0 Å². The minimum Gasteiger partial charge on any atom is -0.478 e. The molecule has 0 heterocycles. The molecule has 8 nitrogen and oxygen atoms in total. The van der Waals surface area contributed by atoms with Crippen molar-refractivity contribution in [1.82, 2.24) is 0 Å². The third-order valence-electron chi connectivity index (χ3n) is 9.70.